The van der Waals surface area contributed by atoms with Gasteiger partial charge in [-0.1, -0.05) is 0 Å². The number of hydrogen-bond donors (Lipinski definition) is 3. The highest BCUT2D eigenvalue weighted by Crippen LogP contribution is 2.10. The molecule has 0 unspecified atom stereocenters. The van der Waals surface area contributed by atoms with Crippen LogP contribution in [0.2, 0.25) is 0 Å². The van der Waals surface area contributed by atoms with Crippen molar-refractivity contribution in [3.05, 3.63) is 10.1 Å². The smallest absolute Gasteiger partial charge is 0.343 e. The fourth-order valence-corrected chi connectivity index (χ4v) is 0.663. The minimum atomic E-state index is -2.84. The van der Waals surface area contributed by atoms with Gasteiger partial charge in [-0.15, -0.1) is 0 Å². The van der Waals surface area contributed by atoms with Crippen LogP contribution in [-0.4, -0.2) is 44.3 Å². The third-order valence-electron chi connectivity index (χ3n) is 1.23. The lowest BCUT2D eigenvalue weighted by Gasteiger charge is -2.15. The molecule has 0 saturated heterocycles. The molecule has 13 heavy (non-hydrogen) atoms. The summed E-state index contributed by atoms with van der Waals surface area (Å²) in [6, 6.07) is 0. The van der Waals surface area contributed by atoms with Gasteiger partial charge < -0.3 is 15.3 Å². The quantitative estimate of drug-likeness (QED) is 0.358. The van der Waals surface area contributed by atoms with Gasteiger partial charge in [-0.05, 0) is 0 Å². The first kappa shape index (κ1) is 11.3. The Hall–Kier alpha value is -1.70. The van der Waals surface area contributed by atoms with Crippen LogP contribution in [0.5, 0.6) is 0 Å². The molecule has 1 atom stereocenters. The molecule has 0 spiro atoms. The first-order chi connectivity index (χ1) is 5.78. The van der Waals surface area contributed by atoms with Crippen molar-refractivity contribution >= 4 is 11.9 Å². The molecule has 0 bridgehead atoms. The Morgan fingerprint density at radius 2 is 1.85 bits per heavy atom. The molecule has 0 amide bonds. The van der Waals surface area contributed by atoms with Crippen molar-refractivity contribution in [1.29, 1.82) is 0 Å². The zero-order valence-electron chi connectivity index (χ0n) is 6.34. The van der Waals surface area contributed by atoms with E-state index in [1.165, 1.54) is 0 Å². The number of carboxylic acids is 2. The molecule has 3 N–H and O–H groups in total. The second-order valence-electron chi connectivity index (χ2n) is 2.40. The molecule has 0 aromatic rings. The van der Waals surface area contributed by atoms with Gasteiger partial charge in [0.05, 0.1) is 6.42 Å². The van der Waals surface area contributed by atoms with E-state index < -0.39 is 35.4 Å². The number of aliphatic carboxylic acids is 2. The summed E-state index contributed by atoms with van der Waals surface area (Å²) in [7, 11) is 0. The number of nitrogens with zero attached hydrogens (tertiary/aromatic N) is 1. The van der Waals surface area contributed by atoms with Crippen molar-refractivity contribution in [2.75, 3.05) is 6.54 Å². The van der Waals surface area contributed by atoms with E-state index >= 15 is 0 Å². The molecule has 0 aliphatic rings. The van der Waals surface area contributed by atoms with Crippen molar-refractivity contribution in [3.8, 4) is 0 Å². The normalized spacial score (nSPS) is 14.5. The maximum Gasteiger partial charge on any atom is 0.343 e. The van der Waals surface area contributed by atoms with Crippen molar-refractivity contribution in [3.63, 3.8) is 0 Å². The predicted octanol–water partition coefficient (Wildman–Crippen LogP) is -1.45. The summed E-state index contributed by atoms with van der Waals surface area (Å²) in [6.07, 6.45) is -1.21. The molecule has 0 rings (SSSR count). The highest BCUT2D eigenvalue weighted by molar-refractivity contribution is 5.83. The van der Waals surface area contributed by atoms with Gasteiger partial charge in [0, 0.05) is 4.92 Å². The summed E-state index contributed by atoms with van der Waals surface area (Å²) in [5, 5.41) is 35.4. The van der Waals surface area contributed by atoms with E-state index in [4.69, 9.17) is 15.3 Å². The molecule has 74 valence electrons. The minimum absolute atomic E-state index is 1.09. The Morgan fingerprint density at radius 3 is 2.08 bits per heavy atom. The van der Waals surface area contributed by atoms with Gasteiger partial charge in [-0.3, -0.25) is 14.9 Å². The van der Waals surface area contributed by atoms with Gasteiger partial charge in [0.25, 0.3) is 0 Å². The molecule has 0 aliphatic carbocycles. The molecule has 8 heteroatoms. The Bertz CT molecular complexity index is 231. The van der Waals surface area contributed by atoms with E-state index in [9.17, 15) is 19.7 Å². The van der Waals surface area contributed by atoms with Gasteiger partial charge >= 0.3 is 11.9 Å². The lowest BCUT2D eigenvalue weighted by molar-refractivity contribution is -0.497. The van der Waals surface area contributed by atoms with Gasteiger partial charge in [-0.25, -0.2) is 4.79 Å². The molecule has 0 aliphatic heterocycles. The molecule has 0 aromatic heterocycles. The number of carboxylic acid groups (broad SMARTS) is 2. The second kappa shape index (κ2) is 3.81. The van der Waals surface area contributed by atoms with Crippen molar-refractivity contribution in [2.45, 2.75) is 12.0 Å². The summed E-state index contributed by atoms with van der Waals surface area (Å²) >= 11 is 0. The van der Waals surface area contributed by atoms with E-state index in [1.807, 2.05) is 0 Å². The SMILES string of the molecule is O=C(O)C[C@@](O)(C[N+](=O)[O-])C(=O)O. The van der Waals surface area contributed by atoms with Crippen molar-refractivity contribution in [2.24, 2.45) is 0 Å². The fraction of sp³-hybridized carbons (Fsp3) is 0.600. The fourth-order valence-electron chi connectivity index (χ4n) is 0.663. The van der Waals surface area contributed by atoms with Crippen LogP contribution in [0.1, 0.15) is 6.42 Å². The largest absolute Gasteiger partial charge is 0.481 e. The summed E-state index contributed by atoms with van der Waals surface area (Å²) in [4.78, 5) is 29.1. The highest BCUT2D eigenvalue weighted by atomic mass is 16.6. The van der Waals surface area contributed by atoms with Crippen LogP contribution >= 0.6 is 0 Å². The summed E-state index contributed by atoms with van der Waals surface area (Å²) in [5.74, 6) is -3.54. The number of hydrogen-bond acceptors (Lipinski definition) is 5. The Labute approximate surface area is 71.6 Å². The van der Waals surface area contributed by atoms with Gasteiger partial charge in [0.2, 0.25) is 12.1 Å². The van der Waals surface area contributed by atoms with Gasteiger partial charge in [-0.2, -0.15) is 0 Å². The maximum atomic E-state index is 10.3. The molecular weight excluding hydrogens is 186 g/mol. The molecule has 0 fully saturated rings. The Balaban J connectivity index is 4.62. The average Bonchev–Trinajstić information content (AvgIpc) is 1.82. The predicted molar refractivity (Wildman–Crippen MR) is 36.7 cm³/mol. The standard InChI is InChI=1S/C5H7NO7/c7-3(8)1-5(11,4(9)10)2-6(12)13/h11H,1-2H2,(H,7,8)(H,9,10)/t5-/m1/s1. The zero-order valence-corrected chi connectivity index (χ0v) is 6.34. The second-order valence-corrected chi connectivity index (χ2v) is 2.40. The highest BCUT2D eigenvalue weighted by Gasteiger charge is 2.43. The Kier molecular flexibility index (Phi) is 3.31. The molecule has 0 radical (unpaired) electrons. The maximum absolute atomic E-state index is 10.3. The van der Waals surface area contributed by atoms with Crippen LogP contribution in [0.3, 0.4) is 0 Å². The molecular formula is C5H7NO7. The topological polar surface area (TPSA) is 138 Å². The van der Waals surface area contributed by atoms with Gasteiger partial charge in [0.15, 0.2) is 0 Å². The van der Waals surface area contributed by atoms with E-state index in [1.54, 1.807) is 0 Å². The summed E-state index contributed by atoms with van der Waals surface area (Å²) in [6.45, 7) is -1.34. The third kappa shape index (κ3) is 3.47. The van der Waals surface area contributed by atoms with E-state index in [0.717, 1.165) is 0 Å². The van der Waals surface area contributed by atoms with E-state index in [0.29, 0.717) is 0 Å². The number of aliphatic hydroxyl groups is 1. The van der Waals surface area contributed by atoms with Crippen LogP contribution in [0, 0.1) is 10.1 Å². The lowest BCUT2D eigenvalue weighted by Crippen LogP contribution is -2.46. The molecule has 0 saturated carbocycles. The number of nitro groups is 1. The lowest BCUT2D eigenvalue weighted by atomic mass is 10.0. The summed E-state index contributed by atoms with van der Waals surface area (Å²) in [5.41, 5.74) is -2.84. The molecule has 0 heterocycles. The summed E-state index contributed by atoms with van der Waals surface area (Å²) < 4.78 is 0. The zero-order chi connectivity index (χ0) is 10.6. The van der Waals surface area contributed by atoms with Crippen LogP contribution in [0.25, 0.3) is 0 Å². The minimum Gasteiger partial charge on any atom is -0.481 e. The van der Waals surface area contributed by atoms with Gasteiger partial charge in [0.1, 0.15) is 0 Å². The Morgan fingerprint density at radius 1 is 1.38 bits per heavy atom. The first-order valence-electron chi connectivity index (χ1n) is 3.07. The first-order valence-corrected chi connectivity index (χ1v) is 3.07. The van der Waals surface area contributed by atoms with Crippen LogP contribution in [0.15, 0.2) is 0 Å². The average molecular weight is 193 g/mol. The van der Waals surface area contributed by atoms with E-state index in [-0.39, 0.29) is 0 Å². The van der Waals surface area contributed by atoms with Crippen LogP contribution in [-0.2, 0) is 9.59 Å². The molecule has 0 aromatic carbocycles. The number of rotatable bonds is 5. The number of carbonyl (C=O) groups is 2. The molecule has 8 nitrogen and oxygen atoms in total. The monoisotopic (exact) mass is 193 g/mol. The van der Waals surface area contributed by atoms with Crippen LogP contribution < -0.4 is 0 Å². The van der Waals surface area contributed by atoms with Crippen molar-refractivity contribution in [1.82, 2.24) is 0 Å². The van der Waals surface area contributed by atoms with E-state index in [2.05, 4.69) is 0 Å². The van der Waals surface area contributed by atoms with Crippen molar-refractivity contribution < 1.29 is 29.8 Å². The van der Waals surface area contributed by atoms with Crippen LogP contribution in [0.4, 0.5) is 0 Å². The third-order valence-corrected chi connectivity index (χ3v) is 1.23.